The largest absolute Gasteiger partial charge is 0.506 e. The van der Waals surface area contributed by atoms with Gasteiger partial charge in [0.25, 0.3) is 0 Å². The number of aromatic hydroxyl groups is 2. The Morgan fingerprint density at radius 3 is 1.47 bits per heavy atom. The lowest BCUT2D eigenvalue weighted by Gasteiger charge is -2.14. The molecule has 1 aromatic heterocycles. The van der Waals surface area contributed by atoms with Gasteiger partial charge in [0.2, 0.25) is 0 Å². The molecule has 2 N–H and O–H groups in total. The first-order chi connectivity index (χ1) is 14.3. The molecule has 0 unspecified atom stereocenters. The molecule has 5 heteroatoms. The number of benzene rings is 2. The number of phenolic OH excluding ortho intramolecular Hbond substituents is 2. The highest BCUT2D eigenvalue weighted by molar-refractivity contribution is 5.74. The van der Waals surface area contributed by atoms with Crippen LogP contribution in [0.2, 0.25) is 0 Å². The smallest absolute Gasteiger partial charge is 0.138 e. The van der Waals surface area contributed by atoms with E-state index in [4.69, 9.17) is 0 Å². The predicted molar refractivity (Wildman–Crippen MR) is 127 cm³/mol. The lowest BCUT2D eigenvalue weighted by molar-refractivity contribution is 0.475. The predicted octanol–water partition coefficient (Wildman–Crippen LogP) is 4.97. The van der Waals surface area contributed by atoms with E-state index >= 15 is 0 Å². The maximum absolute atomic E-state index is 9.94. The Morgan fingerprint density at radius 2 is 1.07 bits per heavy atom. The summed E-state index contributed by atoms with van der Waals surface area (Å²) < 4.78 is 0. The Labute approximate surface area is 177 Å². The van der Waals surface area contributed by atoms with Gasteiger partial charge in [-0.15, -0.1) is 0 Å². The van der Waals surface area contributed by atoms with Crippen LogP contribution < -0.4 is 9.80 Å². The lowest BCUT2D eigenvalue weighted by Crippen LogP contribution is -2.08. The number of anilines is 2. The van der Waals surface area contributed by atoms with Crippen LogP contribution in [0.25, 0.3) is 24.3 Å². The van der Waals surface area contributed by atoms with E-state index in [1.807, 2.05) is 105 Å². The quantitative estimate of drug-likeness (QED) is 0.611. The highest BCUT2D eigenvalue weighted by Gasteiger charge is 2.04. The number of pyridine rings is 1. The van der Waals surface area contributed by atoms with Crippen LogP contribution >= 0.6 is 0 Å². The summed E-state index contributed by atoms with van der Waals surface area (Å²) in [4.78, 5) is 8.41. The number of rotatable bonds is 6. The van der Waals surface area contributed by atoms with Gasteiger partial charge in [0, 0.05) is 28.2 Å². The maximum Gasteiger partial charge on any atom is 0.138 e. The van der Waals surface area contributed by atoms with Crippen molar-refractivity contribution in [1.29, 1.82) is 0 Å². The van der Waals surface area contributed by atoms with Crippen LogP contribution in [0.1, 0.15) is 22.5 Å². The molecule has 3 rings (SSSR count). The topological polar surface area (TPSA) is 59.8 Å². The normalized spacial score (nSPS) is 11.3. The van der Waals surface area contributed by atoms with Gasteiger partial charge in [-0.2, -0.15) is 0 Å². The molecule has 0 bridgehead atoms. The van der Waals surface area contributed by atoms with Crippen molar-refractivity contribution >= 4 is 35.7 Å². The van der Waals surface area contributed by atoms with Gasteiger partial charge in [-0.3, -0.25) is 0 Å². The molecule has 0 amide bonds. The minimum atomic E-state index is 0.258. The van der Waals surface area contributed by atoms with Crippen LogP contribution in [0.5, 0.6) is 11.5 Å². The molecule has 0 aliphatic carbocycles. The van der Waals surface area contributed by atoms with Gasteiger partial charge < -0.3 is 20.0 Å². The van der Waals surface area contributed by atoms with E-state index in [9.17, 15) is 10.2 Å². The minimum Gasteiger partial charge on any atom is -0.506 e. The molecule has 3 aromatic rings. The molecular weight excluding hydrogens is 374 g/mol. The van der Waals surface area contributed by atoms with Gasteiger partial charge in [-0.05, 0) is 59.7 Å². The zero-order chi connectivity index (χ0) is 21.7. The van der Waals surface area contributed by atoms with E-state index < -0.39 is 0 Å². The van der Waals surface area contributed by atoms with Gasteiger partial charge >= 0.3 is 0 Å². The molecule has 0 saturated carbocycles. The van der Waals surface area contributed by atoms with Crippen LogP contribution in [0.3, 0.4) is 0 Å². The first-order valence-corrected chi connectivity index (χ1v) is 9.67. The van der Waals surface area contributed by atoms with Crippen molar-refractivity contribution in [2.75, 3.05) is 38.0 Å². The Kier molecular flexibility index (Phi) is 6.42. The van der Waals surface area contributed by atoms with Crippen LogP contribution in [0, 0.1) is 0 Å². The number of hydrogen-bond acceptors (Lipinski definition) is 5. The molecule has 0 fully saturated rings. The van der Waals surface area contributed by atoms with Crippen LogP contribution in [-0.4, -0.2) is 43.4 Å². The molecular formula is C25H27N3O2. The zero-order valence-electron chi connectivity index (χ0n) is 17.7. The van der Waals surface area contributed by atoms with Crippen molar-refractivity contribution in [2.24, 2.45) is 0 Å². The molecule has 1 heterocycles. The van der Waals surface area contributed by atoms with Crippen molar-refractivity contribution in [2.45, 2.75) is 0 Å². The first-order valence-electron chi connectivity index (χ1n) is 9.67. The van der Waals surface area contributed by atoms with Crippen molar-refractivity contribution in [3.63, 3.8) is 0 Å². The number of phenols is 2. The third kappa shape index (κ3) is 5.20. The lowest BCUT2D eigenvalue weighted by atomic mass is 10.1. The first kappa shape index (κ1) is 21.0. The Balaban J connectivity index is 1.78. The van der Waals surface area contributed by atoms with E-state index in [1.54, 1.807) is 12.1 Å². The monoisotopic (exact) mass is 401 g/mol. The molecule has 0 saturated heterocycles. The fourth-order valence-electron chi connectivity index (χ4n) is 3.02. The molecule has 0 atom stereocenters. The summed E-state index contributed by atoms with van der Waals surface area (Å²) in [6.45, 7) is 0. The molecule has 0 spiro atoms. The number of nitrogens with zero attached hydrogens (tertiary/aromatic N) is 3. The summed E-state index contributed by atoms with van der Waals surface area (Å²) in [7, 11) is 7.59. The van der Waals surface area contributed by atoms with Crippen molar-refractivity contribution in [3.05, 3.63) is 77.1 Å². The standard InChI is InChI=1S/C25H27N3O2/c1-27(2)22-16-18(10-14-24(22)29)8-12-20-6-5-7-21(26-20)13-9-19-11-15-25(30)23(17-19)28(3)4/h5-17,29-30H,1-4H3/b12-8+,13-9+. The van der Waals surface area contributed by atoms with E-state index in [2.05, 4.69) is 4.98 Å². The molecule has 0 radical (unpaired) electrons. The fraction of sp³-hybridized carbons (Fsp3) is 0.160. The summed E-state index contributed by atoms with van der Waals surface area (Å²) in [5.41, 5.74) is 5.20. The van der Waals surface area contributed by atoms with Gasteiger partial charge in [-0.25, -0.2) is 4.98 Å². The van der Waals surface area contributed by atoms with Gasteiger partial charge in [0.15, 0.2) is 0 Å². The summed E-state index contributed by atoms with van der Waals surface area (Å²) in [5, 5.41) is 19.9. The average molecular weight is 402 g/mol. The molecule has 2 aromatic carbocycles. The number of aromatic nitrogens is 1. The SMILES string of the molecule is CN(C)c1cc(/C=C/c2cccc(/C=C/c3ccc(O)c(N(C)C)c3)n2)ccc1O. The molecule has 30 heavy (non-hydrogen) atoms. The van der Waals surface area contributed by atoms with E-state index in [0.29, 0.717) is 0 Å². The third-order valence-electron chi connectivity index (χ3n) is 4.65. The summed E-state index contributed by atoms with van der Waals surface area (Å²) >= 11 is 0. The van der Waals surface area contributed by atoms with E-state index in [-0.39, 0.29) is 11.5 Å². The van der Waals surface area contributed by atoms with Crippen molar-refractivity contribution < 1.29 is 10.2 Å². The molecule has 0 aliphatic heterocycles. The van der Waals surface area contributed by atoms with Gasteiger partial charge in [0.05, 0.1) is 22.8 Å². The second-order valence-electron chi connectivity index (χ2n) is 7.44. The van der Waals surface area contributed by atoms with Crippen molar-refractivity contribution in [3.8, 4) is 11.5 Å². The maximum atomic E-state index is 9.94. The van der Waals surface area contributed by atoms with Crippen LogP contribution in [0.15, 0.2) is 54.6 Å². The Hall–Kier alpha value is -3.73. The number of hydrogen-bond donors (Lipinski definition) is 2. The van der Waals surface area contributed by atoms with E-state index in [1.165, 1.54) is 0 Å². The summed E-state index contributed by atoms with van der Waals surface area (Å²) in [6, 6.07) is 16.9. The van der Waals surface area contributed by atoms with Crippen molar-refractivity contribution in [1.82, 2.24) is 4.98 Å². The summed E-state index contributed by atoms with van der Waals surface area (Å²) in [6.07, 6.45) is 7.86. The Bertz CT molecular complexity index is 1000. The molecule has 154 valence electrons. The van der Waals surface area contributed by atoms with Crippen LogP contribution in [0.4, 0.5) is 11.4 Å². The minimum absolute atomic E-state index is 0.258. The second kappa shape index (κ2) is 9.18. The van der Waals surface area contributed by atoms with E-state index in [0.717, 1.165) is 33.9 Å². The second-order valence-corrected chi connectivity index (χ2v) is 7.44. The Morgan fingerprint density at radius 1 is 0.633 bits per heavy atom. The third-order valence-corrected chi connectivity index (χ3v) is 4.65. The average Bonchev–Trinajstić information content (AvgIpc) is 2.72. The molecule has 5 nitrogen and oxygen atoms in total. The highest BCUT2D eigenvalue weighted by Crippen LogP contribution is 2.28. The van der Waals surface area contributed by atoms with Crippen LogP contribution in [-0.2, 0) is 0 Å². The van der Waals surface area contributed by atoms with Gasteiger partial charge in [0.1, 0.15) is 11.5 Å². The fourth-order valence-corrected chi connectivity index (χ4v) is 3.02. The van der Waals surface area contributed by atoms with Gasteiger partial charge in [-0.1, -0.05) is 30.4 Å². The highest BCUT2D eigenvalue weighted by atomic mass is 16.3. The summed E-state index contributed by atoms with van der Waals surface area (Å²) in [5.74, 6) is 0.517. The molecule has 0 aliphatic rings. The zero-order valence-corrected chi connectivity index (χ0v) is 17.7.